The van der Waals surface area contributed by atoms with E-state index in [9.17, 15) is 9.59 Å². The maximum absolute atomic E-state index is 12.3. The second-order valence-corrected chi connectivity index (χ2v) is 6.51. The first-order valence-electron chi connectivity index (χ1n) is 6.96. The molecule has 0 radical (unpaired) electrons. The molecule has 0 saturated carbocycles. The molecule has 0 spiro atoms. The van der Waals surface area contributed by atoms with E-state index in [4.69, 9.17) is 11.6 Å². The van der Waals surface area contributed by atoms with Crippen molar-refractivity contribution in [3.8, 4) is 0 Å². The van der Waals surface area contributed by atoms with Crippen molar-refractivity contribution in [2.75, 3.05) is 11.9 Å². The lowest BCUT2D eigenvalue weighted by molar-refractivity contribution is -0.135. The molecule has 1 aliphatic rings. The van der Waals surface area contributed by atoms with E-state index in [1.54, 1.807) is 18.3 Å². The summed E-state index contributed by atoms with van der Waals surface area (Å²) in [5, 5.41) is 10.2. The maximum atomic E-state index is 12.3. The number of aromatic nitrogens is 3. The van der Waals surface area contributed by atoms with Gasteiger partial charge in [-0.15, -0.1) is 5.10 Å². The minimum atomic E-state index is -0.555. The Morgan fingerprint density at radius 1 is 1.50 bits per heavy atom. The lowest BCUT2D eigenvalue weighted by atomic mass is 9.78. The van der Waals surface area contributed by atoms with Crippen molar-refractivity contribution in [1.82, 2.24) is 19.9 Å². The molecule has 2 aromatic heterocycles. The summed E-state index contributed by atoms with van der Waals surface area (Å²) in [5.74, 6) is -0.308. The third-order valence-electron chi connectivity index (χ3n) is 3.78. The number of nitrogens with zero attached hydrogens (tertiary/aromatic N) is 3. The van der Waals surface area contributed by atoms with Crippen molar-refractivity contribution < 1.29 is 9.59 Å². The maximum Gasteiger partial charge on any atom is 0.249 e. The van der Waals surface area contributed by atoms with Crippen molar-refractivity contribution in [2.24, 2.45) is 11.3 Å². The zero-order chi connectivity index (χ0) is 15.9. The third-order valence-corrected chi connectivity index (χ3v) is 4.00. The van der Waals surface area contributed by atoms with Crippen molar-refractivity contribution in [2.45, 2.75) is 20.3 Å². The average Bonchev–Trinajstić information content (AvgIpc) is 2.83. The van der Waals surface area contributed by atoms with Crippen LogP contribution in [-0.4, -0.2) is 33.0 Å². The van der Waals surface area contributed by atoms with Crippen molar-refractivity contribution in [1.29, 1.82) is 0 Å². The lowest BCUT2D eigenvalue weighted by Gasteiger charge is -2.33. The fraction of sp³-hybridized carbons (Fsp3) is 0.429. The molecule has 0 bridgehead atoms. The van der Waals surface area contributed by atoms with Crippen LogP contribution in [0.1, 0.15) is 20.3 Å². The molecule has 2 aromatic rings. The quantitative estimate of drug-likeness (QED) is 0.877. The molecule has 1 aliphatic heterocycles. The first-order valence-corrected chi connectivity index (χ1v) is 7.34. The standard InChI is InChI=1S/C14H16ClN5O2/c1-14(2)5-8(6-16-12(14)22)11(21)18-13-17-10-4-3-9(15)7-20(10)19-13/h3-4,7-8H,5-6H2,1-2H3,(H,16,22)(H,18,19,21). The molecule has 0 aliphatic carbocycles. The molecular formula is C14H16ClN5O2. The van der Waals surface area contributed by atoms with Gasteiger partial charge in [0, 0.05) is 18.2 Å². The van der Waals surface area contributed by atoms with Crippen LogP contribution in [0.2, 0.25) is 5.02 Å². The van der Waals surface area contributed by atoms with E-state index in [0.717, 1.165) is 0 Å². The highest BCUT2D eigenvalue weighted by Crippen LogP contribution is 2.29. The van der Waals surface area contributed by atoms with Gasteiger partial charge in [0.1, 0.15) is 0 Å². The van der Waals surface area contributed by atoms with Gasteiger partial charge in [-0.05, 0) is 18.6 Å². The van der Waals surface area contributed by atoms with Crippen LogP contribution >= 0.6 is 11.6 Å². The molecule has 1 saturated heterocycles. The Morgan fingerprint density at radius 3 is 3.00 bits per heavy atom. The van der Waals surface area contributed by atoms with Gasteiger partial charge in [0.2, 0.25) is 17.8 Å². The van der Waals surface area contributed by atoms with Gasteiger partial charge < -0.3 is 5.32 Å². The highest BCUT2D eigenvalue weighted by Gasteiger charge is 2.38. The second kappa shape index (κ2) is 5.24. The summed E-state index contributed by atoms with van der Waals surface area (Å²) in [4.78, 5) is 28.3. The van der Waals surface area contributed by atoms with Gasteiger partial charge in [-0.3, -0.25) is 14.9 Å². The number of rotatable bonds is 2. The van der Waals surface area contributed by atoms with Crippen molar-refractivity contribution >= 4 is 35.0 Å². The molecule has 1 unspecified atom stereocenters. The number of hydrogen-bond acceptors (Lipinski definition) is 4. The molecule has 7 nitrogen and oxygen atoms in total. The fourth-order valence-electron chi connectivity index (χ4n) is 2.54. The van der Waals surface area contributed by atoms with Gasteiger partial charge in [0.15, 0.2) is 5.65 Å². The van der Waals surface area contributed by atoms with Crippen LogP contribution < -0.4 is 10.6 Å². The Kier molecular flexibility index (Phi) is 3.52. The number of hydrogen-bond donors (Lipinski definition) is 2. The molecule has 2 amide bonds. The normalized spacial score (nSPS) is 20.7. The van der Waals surface area contributed by atoms with Crippen LogP contribution in [0.4, 0.5) is 5.95 Å². The van der Waals surface area contributed by atoms with Gasteiger partial charge in [-0.25, -0.2) is 4.52 Å². The molecule has 1 fully saturated rings. The van der Waals surface area contributed by atoms with Gasteiger partial charge in [-0.2, -0.15) is 4.98 Å². The van der Waals surface area contributed by atoms with Gasteiger partial charge in [0.25, 0.3) is 0 Å². The first-order chi connectivity index (χ1) is 10.3. The lowest BCUT2D eigenvalue weighted by Crippen LogP contribution is -2.49. The number of carbonyl (C=O) groups is 2. The predicted molar refractivity (Wildman–Crippen MR) is 81.5 cm³/mol. The van der Waals surface area contributed by atoms with E-state index in [2.05, 4.69) is 20.7 Å². The largest absolute Gasteiger partial charge is 0.355 e. The molecule has 3 heterocycles. The van der Waals surface area contributed by atoms with Crippen LogP contribution in [0, 0.1) is 11.3 Å². The Balaban J connectivity index is 1.74. The second-order valence-electron chi connectivity index (χ2n) is 6.07. The molecule has 116 valence electrons. The molecule has 1 atom stereocenters. The van der Waals surface area contributed by atoms with Crippen molar-refractivity contribution in [3.05, 3.63) is 23.4 Å². The predicted octanol–water partition coefficient (Wildman–Crippen LogP) is 1.48. The summed E-state index contributed by atoms with van der Waals surface area (Å²) in [6.07, 6.45) is 2.10. The summed E-state index contributed by atoms with van der Waals surface area (Å²) in [6, 6.07) is 3.42. The smallest absolute Gasteiger partial charge is 0.249 e. The first kappa shape index (κ1) is 14.8. The summed E-state index contributed by atoms with van der Waals surface area (Å²) in [6.45, 7) is 3.98. The molecule has 8 heteroatoms. The van der Waals surface area contributed by atoms with Crippen LogP contribution in [0.3, 0.4) is 0 Å². The number of piperidine rings is 1. The number of halogens is 1. The summed E-state index contributed by atoms with van der Waals surface area (Å²) < 4.78 is 1.50. The topological polar surface area (TPSA) is 88.4 Å². The zero-order valence-corrected chi connectivity index (χ0v) is 13.0. The monoisotopic (exact) mass is 321 g/mol. The van der Waals surface area contributed by atoms with Crippen LogP contribution in [-0.2, 0) is 9.59 Å². The van der Waals surface area contributed by atoms with Gasteiger partial charge in [0.05, 0.1) is 10.9 Å². The number of anilines is 1. The van der Waals surface area contributed by atoms with Crippen LogP contribution in [0.5, 0.6) is 0 Å². The zero-order valence-electron chi connectivity index (χ0n) is 12.3. The minimum Gasteiger partial charge on any atom is -0.355 e. The van der Waals surface area contributed by atoms with Crippen LogP contribution in [0.15, 0.2) is 18.3 Å². The van der Waals surface area contributed by atoms with E-state index in [1.165, 1.54) is 4.52 Å². The molecule has 22 heavy (non-hydrogen) atoms. The number of carbonyl (C=O) groups excluding carboxylic acids is 2. The van der Waals surface area contributed by atoms with Gasteiger partial charge >= 0.3 is 0 Å². The van der Waals surface area contributed by atoms with Crippen molar-refractivity contribution in [3.63, 3.8) is 0 Å². The number of nitrogens with one attached hydrogen (secondary N) is 2. The van der Waals surface area contributed by atoms with E-state index < -0.39 is 5.41 Å². The highest BCUT2D eigenvalue weighted by atomic mass is 35.5. The Labute approximate surface area is 132 Å². The Morgan fingerprint density at radius 2 is 2.27 bits per heavy atom. The third kappa shape index (κ3) is 2.76. The van der Waals surface area contributed by atoms with E-state index in [0.29, 0.717) is 23.6 Å². The fourth-order valence-corrected chi connectivity index (χ4v) is 2.70. The Hall–Kier alpha value is -2.15. The molecule has 3 rings (SSSR count). The minimum absolute atomic E-state index is 0.0305. The van der Waals surface area contributed by atoms with Crippen LogP contribution in [0.25, 0.3) is 5.65 Å². The van der Waals surface area contributed by atoms with E-state index in [-0.39, 0.29) is 23.7 Å². The molecular weight excluding hydrogens is 306 g/mol. The summed E-state index contributed by atoms with van der Waals surface area (Å²) in [7, 11) is 0. The SMILES string of the molecule is CC1(C)CC(C(=O)Nc2nc3ccc(Cl)cn3n2)CNC1=O. The number of fused-ring (bicyclic) bond motifs is 1. The Bertz CT molecular complexity index is 755. The molecule has 2 N–H and O–H groups in total. The van der Waals surface area contributed by atoms with E-state index >= 15 is 0 Å². The average molecular weight is 322 g/mol. The molecule has 0 aromatic carbocycles. The number of pyridine rings is 1. The highest BCUT2D eigenvalue weighted by molar-refractivity contribution is 6.30. The summed E-state index contributed by atoms with van der Waals surface area (Å²) >= 11 is 5.88. The van der Waals surface area contributed by atoms with E-state index in [1.807, 2.05) is 13.8 Å². The number of amides is 2. The van der Waals surface area contributed by atoms with Gasteiger partial charge in [-0.1, -0.05) is 25.4 Å². The summed E-state index contributed by atoms with van der Waals surface area (Å²) in [5.41, 5.74) is 0.0390.